The lowest BCUT2D eigenvalue weighted by Gasteiger charge is -2.32. The fourth-order valence-corrected chi connectivity index (χ4v) is 4.02. The SMILES string of the molecule is CS(=O)(=O)c1ccc(NC(=O)[C@H]2CCCN(c3cc(-n4cncn4)ncn3)C2)cc1. The molecule has 1 atom stereocenters. The lowest BCUT2D eigenvalue weighted by atomic mass is 9.97. The van der Waals surface area contributed by atoms with Crippen LogP contribution in [-0.2, 0) is 14.6 Å². The van der Waals surface area contributed by atoms with Crippen molar-refractivity contribution >= 4 is 27.2 Å². The minimum atomic E-state index is -3.27. The number of piperidine rings is 1. The van der Waals surface area contributed by atoms with Crippen LogP contribution in [0.4, 0.5) is 11.5 Å². The fourth-order valence-electron chi connectivity index (χ4n) is 3.39. The Labute approximate surface area is 173 Å². The van der Waals surface area contributed by atoms with Crippen molar-refractivity contribution in [1.82, 2.24) is 24.7 Å². The normalized spacial score (nSPS) is 17.0. The van der Waals surface area contributed by atoms with Crippen LogP contribution in [0.25, 0.3) is 5.82 Å². The van der Waals surface area contributed by atoms with Crippen LogP contribution in [0, 0.1) is 5.92 Å². The molecular formula is C19H21N7O3S. The van der Waals surface area contributed by atoms with Gasteiger partial charge in [0.2, 0.25) is 5.91 Å². The Kier molecular flexibility index (Phi) is 5.44. The predicted octanol–water partition coefficient (Wildman–Crippen LogP) is 1.32. The minimum Gasteiger partial charge on any atom is -0.356 e. The van der Waals surface area contributed by atoms with Crippen molar-refractivity contribution in [2.75, 3.05) is 29.6 Å². The highest BCUT2D eigenvalue weighted by atomic mass is 32.2. The third-order valence-corrected chi connectivity index (χ3v) is 6.09. The van der Waals surface area contributed by atoms with Crippen molar-refractivity contribution in [3.8, 4) is 5.82 Å². The molecule has 4 rings (SSSR count). The zero-order chi connectivity index (χ0) is 21.1. The average Bonchev–Trinajstić information content (AvgIpc) is 3.29. The summed E-state index contributed by atoms with van der Waals surface area (Å²) in [6.45, 7) is 1.32. The first-order valence-corrected chi connectivity index (χ1v) is 11.3. The molecule has 0 saturated carbocycles. The van der Waals surface area contributed by atoms with Gasteiger partial charge >= 0.3 is 0 Å². The number of nitrogens with zero attached hydrogens (tertiary/aromatic N) is 6. The molecule has 1 fully saturated rings. The molecule has 0 aliphatic carbocycles. The Balaban J connectivity index is 1.44. The van der Waals surface area contributed by atoms with Gasteiger partial charge < -0.3 is 10.2 Å². The van der Waals surface area contributed by atoms with Gasteiger partial charge in [-0.1, -0.05) is 0 Å². The van der Waals surface area contributed by atoms with Crippen LogP contribution in [0.3, 0.4) is 0 Å². The Morgan fingerprint density at radius 1 is 1.13 bits per heavy atom. The number of nitrogens with one attached hydrogen (secondary N) is 1. The van der Waals surface area contributed by atoms with Gasteiger partial charge in [-0.15, -0.1) is 0 Å². The highest BCUT2D eigenvalue weighted by molar-refractivity contribution is 7.90. The molecule has 1 aromatic carbocycles. The van der Waals surface area contributed by atoms with Gasteiger partial charge in [-0.25, -0.2) is 28.1 Å². The molecule has 156 valence electrons. The fraction of sp³-hybridized carbons (Fsp3) is 0.316. The van der Waals surface area contributed by atoms with E-state index in [1.54, 1.807) is 23.1 Å². The van der Waals surface area contributed by atoms with E-state index < -0.39 is 9.84 Å². The van der Waals surface area contributed by atoms with Crippen LogP contribution in [0.1, 0.15) is 12.8 Å². The van der Waals surface area contributed by atoms with Gasteiger partial charge in [-0.3, -0.25) is 4.79 Å². The average molecular weight is 427 g/mol. The Bertz CT molecular complexity index is 1130. The van der Waals surface area contributed by atoms with Gasteiger partial charge in [0.05, 0.1) is 10.8 Å². The van der Waals surface area contributed by atoms with Gasteiger partial charge in [0.1, 0.15) is 24.8 Å². The smallest absolute Gasteiger partial charge is 0.229 e. The standard InChI is InChI=1S/C19H21N7O3S/c1-30(28,29)16-6-4-15(5-7-16)24-19(27)14-3-2-8-25(10-14)17-9-18(22-12-21-17)26-13-20-11-23-26/h4-7,9,11-14H,2-3,8,10H2,1H3,(H,24,27)/t14-/m0/s1. The van der Waals surface area contributed by atoms with Gasteiger partial charge in [0.15, 0.2) is 15.7 Å². The molecule has 1 saturated heterocycles. The minimum absolute atomic E-state index is 0.0997. The topological polar surface area (TPSA) is 123 Å². The maximum atomic E-state index is 12.8. The number of carbonyl (C=O) groups is 1. The summed E-state index contributed by atoms with van der Waals surface area (Å²) in [6.07, 6.45) is 7.25. The van der Waals surface area contributed by atoms with Crippen molar-refractivity contribution < 1.29 is 13.2 Å². The molecule has 11 heteroatoms. The van der Waals surface area contributed by atoms with E-state index in [1.807, 2.05) is 6.07 Å². The Morgan fingerprint density at radius 3 is 2.60 bits per heavy atom. The summed E-state index contributed by atoms with van der Waals surface area (Å²) in [4.78, 5) is 27.5. The second-order valence-electron chi connectivity index (χ2n) is 7.15. The summed E-state index contributed by atoms with van der Waals surface area (Å²) < 4.78 is 24.7. The number of aromatic nitrogens is 5. The van der Waals surface area contributed by atoms with E-state index in [-0.39, 0.29) is 16.7 Å². The molecular weight excluding hydrogens is 406 g/mol. The zero-order valence-corrected chi connectivity index (χ0v) is 17.2. The summed E-state index contributed by atoms with van der Waals surface area (Å²) in [5.41, 5.74) is 0.569. The lowest BCUT2D eigenvalue weighted by Crippen LogP contribution is -2.41. The maximum Gasteiger partial charge on any atom is 0.229 e. The summed E-state index contributed by atoms with van der Waals surface area (Å²) >= 11 is 0. The lowest BCUT2D eigenvalue weighted by molar-refractivity contribution is -0.120. The monoisotopic (exact) mass is 427 g/mol. The Morgan fingerprint density at radius 2 is 1.90 bits per heavy atom. The molecule has 10 nitrogen and oxygen atoms in total. The Hall–Kier alpha value is -3.34. The second kappa shape index (κ2) is 8.19. The predicted molar refractivity (Wildman–Crippen MR) is 110 cm³/mol. The van der Waals surface area contributed by atoms with Crippen molar-refractivity contribution in [3.05, 3.63) is 49.3 Å². The summed E-state index contributed by atoms with van der Waals surface area (Å²) in [6, 6.07) is 8.00. The zero-order valence-electron chi connectivity index (χ0n) is 16.3. The van der Waals surface area contributed by atoms with Gasteiger partial charge in [-0.05, 0) is 37.1 Å². The largest absolute Gasteiger partial charge is 0.356 e. The molecule has 0 radical (unpaired) electrons. The first-order valence-electron chi connectivity index (χ1n) is 9.43. The molecule has 1 aliphatic rings. The van der Waals surface area contributed by atoms with E-state index in [9.17, 15) is 13.2 Å². The van der Waals surface area contributed by atoms with E-state index in [0.29, 0.717) is 18.1 Å². The van der Waals surface area contributed by atoms with Crippen molar-refractivity contribution in [1.29, 1.82) is 0 Å². The van der Waals surface area contributed by atoms with Crippen molar-refractivity contribution in [2.24, 2.45) is 5.92 Å². The number of rotatable bonds is 5. The van der Waals surface area contributed by atoms with E-state index in [1.165, 1.54) is 24.8 Å². The third-order valence-electron chi connectivity index (χ3n) is 4.96. The number of carbonyl (C=O) groups excluding carboxylic acids is 1. The van der Waals surface area contributed by atoms with Crippen molar-refractivity contribution in [2.45, 2.75) is 17.7 Å². The van der Waals surface area contributed by atoms with Crippen LogP contribution in [-0.4, -0.2) is 58.4 Å². The van der Waals surface area contributed by atoms with Crippen LogP contribution < -0.4 is 10.2 Å². The molecule has 1 amide bonds. The molecule has 3 aromatic rings. The number of sulfone groups is 1. The first kappa shape index (κ1) is 20.0. The summed E-state index contributed by atoms with van der Waals surface area (Å²) in [7, 11) is -3.27. The molecule has 0 bridgehead atoms. The molecule has 3 heterocycles. The van der Waals surface area contributed by atoms with E-state index >= 15 is 0 Å². The third kappa shape index (κ3) is 4.46. The van der Waals surface area contributed by atoms with Crippen molar-refractivity contribution in [3.63, 3.8) is 0 Å². The van der Waals surface area contributed by atoms with E-state index in [2.05, 4.69) is 30.3 Å². The molecule has 2 aromatic heterocycles. The number of anilines is 2. The molecule has 0 spiro atoms. The quantitative estimate of drug-likeness (QED) is 0.647. The van der Waals surface area contributed by atoms with Crippen LogP contribution >= 0.6 is 0 Å². The van der Waals surface area contributed by atoms with Crippen LogP contribution in [0.5, 0.6) is 0 Å². The van der Waals surface area contributed by atoms with E-state index in [4.69, 9.17) is 0 Å². The molecule has 30 heavy (non-hydrogen) atoms. The number of amides is 1. The molecule has 1 N–H and O–H groups in total. The number of hydrogen-bond acceptors (Lipinski definition) is 8. The highest BCUT2D eigenvalue weighted by Gasteiger charge is 2.27. The summed E-state index contributed by atoms with van der Waals surface area (Å²) in [5, 5.41) is 6.96. The van der Waals surface area contributed by atoms with Gasteiger partial charge in [0, 0.05) is 31.1 Å². The maximum absolute atomic E-state index is 12.8. The number of hydrogen-bond donors (Lipinski definition) is 1. The number of benzene rings is 1. The molecule has 1 aliphatic heterocycles. The molecule has 0 unspecified atom stereocenters. The van der Waals surface area contributed by atoms with Gasteiger partial charge in [-0.2, -0.15) is 5.10 Å². The van der Waals surface area contributed by atoms with Crippen LogP contribution in [0.2, 0.25) is 0 Å². The summed E-state index contributed by atoms with van der Waals surface area (Å²) in [5.74, 6) is 1.02. The highest BCUT2D eigenvalue weighted by Crippen LogP contribution is 2.24. The first-order chi connectivity index (χ1) is 14.4. The van der Waals surface area contributed by atoms with Crippen LogP contribution in [0.15, 0.2) is 54.2 Å². The second-order valence-corrected chi connectivity index (χ2v) is 9.16. The van der Waals surface area contributed by atoms with E-state index in [0.717, 1.165) is 31.5 Å². The van der Waals surface area contributed by atoms with Gasteiger partial charge in [0.25, 0.3) is 0 Å².